The van der Waals surface area contributed by atoms with Crippen molar-refractivity contribution >= 4 is 40.2 Å². The van der Waals surface area contributed by atoms with Crippen LogP contribution in [0.15, 0.2) is 60.0 Å². The fraction of sp³-hybridized carbons (Fsp3) is 0.0526. The van der Waals surface area contributed by atoms with Crippen molar-refractivity contribution in [2.75, 3.05) is 17.7 Å². The molecule has 3 rings (SSSR count). The Morgan fingerprint density at radius 3 is 2.50 bits per heavy atom. The second-order valence-corrected chi connectivity index (χ2v) is 6.52. The zero-order valence-corrected chi connectivity index (χ0v) is 15.5. The molecule has 0 saturated carbocycles. The molecule has 0 atom stereocenters. The maximum Gasteiger partial charge on any atom is 0.282 e. The Morgan fingerprint density at radius 1 is 1.04 bits per heavy atom. The number of rotatable bonds is 6. The highest BCUT2D eigenvalue weighted by atomic mass is 32.1. The van der Waals surface area contributed by atoms with E-state index in [0.29, 0.717) is 22.0 Å². The maximum atomic E-state index is 12.4. The van der Waals surface area contributed by atoms with E-state index < -0.39 is 10.8 Å². The fourth-order valence-corrected chi connectivity index (χ4v) is 3.11. The van der Waals surface area contributed by atoms with Crippen molar-refractivity contribution in [2.45, 2.75) is 0 Å². The van der Waals surface area contributed by atoms with Crippen molar-refractivity contribution in [3.05, 3.63) is 80.5 Å². The molecule has 1 aromatic heterocycles. The topological polar surface area (TPSA) is 111 Å². The van der Waals surface area contributed by atoms with Crippen LogP contribution in [-0.4, -0.2) is 23.8 Å². The minimum atomic E-state index is -0.621. The Bertz CT molecular complexity index is 1030. The molecule has 0 bridgehead atoms. The second-order valence-electron chi connectivity index (χ2n) is 5.57. The minimum Gasteiger partial charge on any atom is -0.494 e. The predicted molar refractivity (Wildman–Crippen MR) is 106 cm³/mol. The molecule has 2 amide bonds. The van der Waals surface area contributed by atoms with Crippen molar-refractivity contribution in [3.63, 3.8) is 0 Å². The van der Waals surface area contributed by atoms with Gasteiger partial charge in [-0.2, -0.15) is 0 Å². The quantitative estimate of drug-likeness (QED) is 0.479. The van der Waals surface area contributed by atoms with Gasteiger partial charge in [0, 0.05) is 17.8 Å². The smallest absolute Gasteiger partial charge is 0.282 e. The van der Waals surface area contributed by atoms with Gasteiger partial charge >= 0.3 is 0 Å². The number of nitro groups is 1. The first-order chi connectivity index (χ1) is 13.5. The van der Waals surface area contributed by atoms with Gasteiger partial charge in [0.05, 0.1) is 22.6 Å². The number of ether oxygens (including phenoxy) is 1. The van der Waals surface area contributed by atoms with Crippen molar-refractivity contribution in [1.82, 2.24) is 0 Å². The summed E-state index contributed by atoms with van der Waals surface area (Å²) in [6.45, 7) is 0. The third-order valence-corrected chi connectivity index (χ3v) is 4.67. The first-order valence-corrected chi connectivity index (χ1v) is 8.95. The summed E-state index contributed by atoms with van der Waals surface area (Å²) < 4.78 is 5.28. The van der Waals surface area contributed by atoms with Crippen molar-refractivity contribution in [3.8, 4) is 5.75 Å². The Hall–Kier alpha value is -3.72. The molecule has 28 heavy (non-hydrogen) atoms. The molecule has 0 aliphatic carbocycles. The molecule has 0 spiro atoms. The number of thiophene rings is 1. The van der Waals surface area contributed by atoms with E-state index in [0.717, 1.165) is 0 Å². The molecule has 9 heteroatoms. The molecule has 8 nitrogen and oxygen atoms in total. The van der Waals surface area contributed by atoms with Crippen LogP contribution >= 0.6 is 11.3 Å². The summed E-state index contributed by atoms with van der Waals surface area (Å²) in [5.41, 5.74) is 0.465. The van der Waals surface area contributed by atoms with Crippen LogP contribution in [0.4, 0.5) is 17.1 Å². The maximum absolute atomic E-state index is 12.4. The third-order valence-electron chi connectivity index (χ3n) is 3.80. The van der Waals surface area contributed by atoms with Crippen LogP contribution in [0, 0.1) is 10.1 Å². The van der Waals surface area contributed by atoms with Crippen molar-refractivity contribution in [2.24, 2.45) is 0 Å². The van der Waals surface area contributed by atoms with E-state index in [2.05, 4.69) is 10.6 Å². The molecule has 0 fully saturated rings. The Kier molecular flexibility index (Phi) is 5.66. The zero-order chi connectivity index (χ0) is 20.1. The SMILES string of the molecule is COc1cc(NC(=O)c2ccccc2[N+](=O)[O-])ccc1NC(=O)c1cccs1. The first-order valence-electron chi connectivity index (χ1n) is 8.07. The minimum absolute atomic E-state index is 0.0541. The van der Waals surface area contributed by atoms with Crippen molar-refractivity contribution in [1.29, 1.82) is 0 Å². The number of hydrogen-bond donors (Lipinski definition) is 2. The number of carbonyl (C=O) groups is 2. The molecule has 3 aromatic rings. The van der Waals surface area contributed by atoms with Gasteiger partial charge in [0.1, 0.15) is 11.3 Å². The van der Waals surface area contributed by atoms with Gasteiger partial charge in [-0.05, 0) is 29.6 Å². The molecule has 0 radical (unpaired) electrons. The molecule has 0 aliphatic rings. The first kappa shape index (κ1) is 19.1. The molecular formula is C19H15N3O5S. The molecule has 0 saturated heterocycles. The van der Waals surface area contributed by atoms with E-state index in [1.54, 1.807) is 35.7 Å². The normalized spacial score (nSPS) is 10.2. The van der Waals surface area contributed by atoms with E-state index in [1.807, 2.05) is 0 Å². The number of anilines is 2. The molecule has 0 aliphatic heterocycles. The van der Waals surface area contributed by atoms with Crippen LogP contribution in [0.25, 0.3) is 0 Å². The Balaban J connectivity index is 1.80. The third kappa shape index (κ3) is 4.15. The number of nitrogens with zero attached hydrogens (tertiary/aromatic N) is 1. The van der Waals surface area contributed by atoms with Crippen molar-refractivity contribution < 1.29 is 19.2 Å². The number of benzene rings is 2. The van der Waals surface area contributed by atoms with E-state index in [-0.39, 0.29) is 17.2 Å². The molecule has 0 unspecified atom stereocenters. The molecule has 2 N–H and O–H groups in total. The second kappa shape index (κ2) is 8.31. The molecule has 2 aromatic carbocycles. The van der Waals surface area contributed by atoms with Crippen LogP contribution in [0.1, 0.15) is 20.0 Å². The number of methoxy groups -OCH3 is 1. The predicted octanol–water partition coefficient (Wildman–Crippen LogP) is 4.17. The van der Waals surface area contributed by atoms with Crippen LogP contribution in [0.2, 0.25) is 0 Å². The zero-order valence-electron chi connectivity index (χ0n) is 14.7. The highest BCUT2D eigenvalue weighted by Gasteiger charge is 2.20. The number of amides is 2. The molecule has 1 heterocycles. The summed E-state index contributed by atoms with van der Waals surface area (Å²) in [6, 6.07) is 13.8. The summed E-state index contributed by atoms with van der Waals surface area (Å²) in [7, 11) is 1.43. The lowest BCUT2D eigenvalue weighted by atomic mass is 10.1. The van der Waals surface area contributed by atoms with Crippen LogP contribution in [0.5, 0.6) is 5.75 Å². The van der Waals surface area contributed by atoms with Crippen LogP contribution < -0.4 is 15.4 Å². The largest absolute Gasteiger partial charge is 0.494 e. The number of para-hydroxylation sites is 1. The highest BCUT2D eigenvalue weighted by Crippen LogP contribution is 2.29. The van der Waals surface area contributed by atoms with Gasteiger partial charge in [-0.3, -0.25) is 19.7 Å². The number of nitrogens with one attached hydrogen (secondary N) is 2. The molecule has 142 valence electrons. The van der Waals surface area contributed by atoms with Crippen LogP contribution in [-0.2, 0) is 0 Å². The van der Waals surface area contributed by atoms with Gasteiger partial charge in [-0.15, -0.1) is 11.3 Å². The average molecular weight is 397 g/mol. The summed E-state index contributed by atoms with van der Waals surface area (Å²) in [6.07, 6.45) is 0. The van der Waals surface area contributed by atoms with E-state index in [9.17, 15) is 19.7 Å². The van der Waals surface area contributed by atoms with Crippen LogP contribution in [0.3, 0.4) is 0 Å². The highest BCUT2D eigenvalue weighted by molar-refractivity contribution is 7.12. The lowest BCUT2D eigenvalue weighted by molar-refractivity contribution is -0.385. The van der Waals surface area contributed by atoms with Gasteiger partial charge in [-0.1, -0.05) is 18.2 Å². The summed E-state index contributed by atoms with van der Waals surface area (Å²) in [4.78, 5) is 35.7. The van der Waals surface area contributed by atoms with Gasteiger partial charge in [0.25, 0.3) is 17.5 Å². The Labute approximate surface area is 163 Å². The average Bonchev–Trinajstić information content (AvgIpc) is 3.24. The Morgan fingerprint density at radius 2 is 1.82 bits per heavy atom. The number of hydrogen-bond acceptors (Lipinski definition) is 6. The molecular weight excluding hydrogens is 382 g/mol. The van der Waals surface area contributed by atoms with Gasteiger partial charge in [0.15, 0.2) is 0 Å². The number of carbonyl (C=O) groups excluding carboxylic acids is 2. The van der Waals surface area contributed by atoms with E-state index >= 15 is 0 Å². The van der Waals surface area contributed by atoms with Gasteiger partial charge in [-0.25, -0.2) is 0 Å². The number of nitro benzene ring substituents is 1. The summed E-state index contributed by atoms with van der Waals surface area (Å²) >= 11 is 1.31. The van der Waals surface area contributed by atoms with Gasteiger partial charge in [0.2, 0.25) is 0 Å². The monoisotopic (exact) mass is 397 g/mol. The summed E-state index contributed by atoms with van der Waals surface area (Å²) in [5, 5.41) is 18.2. The lowest BCUT2D eigenvalue weighted by Gasteiger charge is -2.12. The standard InChI is InChI=1S/C19H15N3O5S/c1-27-16-11-12(8-9-14(16)21-19(24)17-7-4-10-28-17)20-18(23)13-5-2-3-6-15(13)22(25)26/h2-11H,1H3,(H,20,23)(H,21,24). The summed E-state index contributed by atoms with van der Waals surface area (Å²) in [5.74, 6) is -0.556. The van der Waals surface area contributed by atoms with E-state index in [1.165, 1.54) is 42.7 Å². The van der Waals surface area contributed by atoms with E-state index in [4.69, 9.17) is 4.74 Å². The lowest BCUT2D eigenvalue weighted by Crippen LogP contribution is -2.14. The van der Waals surface area contributed by atoms with Gasteiger partial charge < -0.3 is 15.4 Å². The fourth-order valence-electron chi connectivity index (χ4n) is 2.49.